The monoisotopic (exact) mass is 155 g/mol. The van der Waals surface area contributed by atoms with Crippen LogP contribution >= 0.6 is 0 Å². The maximum absolute atomic E-state index is 5.40. The first-order valence-electron chi connectivity index (χ1n) is 3.70. The lowest BCUT2D eigenvalue weighted by Gasteiger charge is -2.12. The van der Waals surface area contributed by atoms with E-state index in [0.717, 1.165) is 6.54 Å². The summed E-state index contributed by atoms with van der Waals surface area (Å²) >= 11 is 0. The van der Waals surface area contributed by atoms with Crippen LogP contribution in [0.15, 0.2) is 16.8 Å². The predicted octanol–water partition coefficient (Wildman–Crippen LogP) is 1.18. The number of allylic oxidation sites excluding steroid dienone is 1. The molecule has 0 aromatic carbocycles. The van der Waals surface area contributed by atoms with Crippen LogP contribution in [0.2, 0.25) is 0 Å². The minimum Gasteiger partial charge on any atom is -0.386 e. The number of rotatable bonds is 3. The van der Waals surface area contributed by atoms with Gasteiger partial charge in [-0.25, -0.2) is 0 Å². The summed E-state index contributed by atoms with van der Waals surface area (Å²) in [5, 5.41) is 5.88. The van der Waals surface area contributed by atoms with Crippen LogP contribution in [0.4, 0.5) is 0 Å². The molecule has 0 aliphatic carbocycles. The molecule has 0 fully saturated rings. The van der Waals surface area contributed by atoms with E-state index in [-0.39, 0.29) is 0 Å². The zero-order valence-electron chi connectivity index (χ0n) is 7.76. The molecule has 0 aliphatic rings. The van der Waals surface area contributed by atoms with E-state index in [1.165, 1.54) is 5.57 Å². The Morgan fingerprint density at radius 3 is 2.45 bits per heavy atom. The minimum absolute atomic E-state index is 0.594. The summed E-state index contributed by atoms with van der Waals surface area (Å²) in [7, 11) is 1.91. The third-order valence-corrected chi connectivity index (χ3v) is 1.30. The zero-order chi connectivity index (χ0) is 8.85. The Labute approximate surface area is 68.6 Å². The molecule has 0 heterocycles. The second-order valence-corrected chi connectivity index (χ2v) is 2.69. The highest BCUT2D eigenvalue weighted by Crippen LogP contribution is 1.95. The molecule has 0 aromatic heterocycles. The van der Waals surface area contributed by atoms with Crippen molar-refractivity contribution in [1.82, 2.24) is 5.01 Å². The number of likely N-dealkylation sites (N-methyl/N-ethyl adjacent to an activating group) is 1. The summed E-state index contributed by atoms with van der Waals surface area (Å²) in [6.07, 6.45) is 2.07. The highest BCUT2D eigenvalue weighted by Gasteiger charge is 1.93. The number of hydrogen-bond acceptors (Lipinski definition) is 2. The van der Waals surface area contributed by atoms with Gasteiger partial charge in [-0.1, -0.05) is 11.6 Å². The summed E-state index contributed by atoms with van der Waals surface area (Å²) in [5.74, 6) is 0.594. The van der Waals surface area contributed by atoms with Crippen LogP contribution in [-0.2, 0) is 0 Å². The maximum atomic E-state index is 5.40. The second-order valence-electron chi connectivity index (χ2n) is 2.69. The zero-order valence-corrected chi connectivity index (χ0v) is 7.76. The normalized spacial score (nSPS) is 13.5. The molecule has 0 saturated carbocycles. The predicted molar refractivity (Wildman–Crippen MR) is 49.4 cm³/mol. The Morgan fingerprint density at radius 2 is 2.09 bits per heavy atom. The van der Waals surface area contributed by atoms with Crippen molar-refractivity contribution in [3.63, 3.8) is 0 Å². The Bertz CT molecular complexity index is 166. The van der Waals surface area contributed by atoms with Crippen molar-refractivity contribution in [2.24, 2.45) is 10.8 Å². The van der Waals surface area contributed by atoms with Gasteiger partial charge in [-0.2, -0.15) is 5.10 Å². The van der Waals surface area contributed by atoms with Gasteiger partial charge < -0.3 is 5.73 Å². The molecule has 0 aromatic rings. The average Bonchev–Trinajstić information content (AvgIpc) is 1.85. The van der Waals surface area contributed by atoms with Gasteiger partial charge in [0.15, 0.2) is 0 Å². The molecule has 0 bridgehead atoms. The smallest absolute Gasteiger partial charge is 0.116 e. The molecule has 0 spiro atoms. The van der Waals surface area contributed by atoms with Crippen molar-refractivity contribution in [3.8, 4) is 0 Å². The lowest BCUT2D eigenvalue weighted by Crippen LogP contribution is -2.19. The Morgan fingerprint density at radius 1 is 1.55 bits per heavy atom. The largest absolute Gasteiger partial charge is 0.386 e. The molecule has 0 aliphatic heterocycles. The standard InChI is InChI=1S/C8H17N3/c1-5-7(2)6-11(4)10-8(3)9/h5H,6H2,1-4H3,(H2,9,10). The fourth-order valence-corrected chi connectivity index (χ4v) is 0.757. The molecule has 11 heavy (non-hydrogen) atoms. The van der Waals surface area contributed by atoms with Gasteiger partial charge >= 0.3 is 0 Å². The van der Waals surface area contributed by atoms with E-state index in [9.17, 15) is 0 Å². The fraction of sp³-hybridized carbons (Fsp3) is 0.625. The SMILES string of the molecule is CC=C(C)CN(C)N=C(C)N. The number of amidine groups is 1. The Hall–Kier alpha value is -0.990. The molecular weight excluding hydrogens is 138 g/mol. The van der Waals surface area contributed by atoms with E-state index in [4.69, 9.17) is 5.73 Å². The molecule has 0 saturated heterocycles. The summed E-state index contributed by atoms with van der Waals surface area (Å²) < 4.78 is 0. The first kappa shape index (κ1) is 10.0. The number of hydrogen-bond donors (Lipinski definition) is 1. The third kappa shape index (κ3) is 5.45. The average molecular weight is 155 g/mol. The highest BCUT2D eigenvalue weighted by atomic mass is 15.4. The lowest BCUT2D eigenvalue weighted by molar-refractivity contribution is 0.384. The van der Waals surface area contributed by atoms with E-state index in [0.29, 0.717) is 5.84 Å². The van der Waals surface area contributed by atoms with E-state index >= 15 is 0 Å². The molecule has 2 N–H and O–H groups in total. The van der Waals surface area contributed by atoms with Gasteiger partial charge in [0.2, 0.25) is 0 Å². The van der Waals surface area contributed by atoms with Crippen LogP contribution < -0.4 is 5.73 Å². The van der Waals surface area contributed by atoms with Crippen molar-refractivity contribution in [2.75, 3.05) is 13.6 Å². The van der Waals surface area contributed by atoms with Crippen LogP contribution in [0.1, 0.15) is 20.8 Å². The molecular formula is C8H17N3. The first-order valence-corrected chi connectivity index (χ1v) is 3.70. The minimum atomic E-state index is 0.594. The molecule has 64 valence electrons. The van der Waals surface area contributed by atoms with E-state index < -0.39 is 0 Å². The van der Waals surface area contributed by atoms with Crippen LogP contribution in [-0.4, -0.2) is 24.4 Å². The summed E-state index contributed by atoms with van der Waals surface area (Å²) in [5.41, 5.74) is 6.69. The molecule has 0 atom stereocenters. The fourth-order valence-electron chi connectivity index (χ4n) is 0.757. The van der Waals surface area contributed by atoms with Crippen molar-refractivity contribution in [2.45, 2.75) is 20.8 Å². The number of nitrogens with zero attached hydrogens (tertiary/aromatic N) is 2. The quantitative estimate of drug-likeness (QED) is 0.288. The number of nitrogens with two attached hydrogens (primary N) is 1. The summed E-state index contributed by atoms with van der Waals surface area (Å²) in [4.78, 5) is 0. The van der Waals surface area contributed by atoms with E-state index in [2.05, 4.69) is 18.1 Å². The van der Waals surface area contributed by atoms with Crippen LogP contribution in [0.3, 0.4) is 0 Å². The molecule has 0 unspecified atom stereocenters. The summed E-state index contributed by atoms with van der Waals surface area (Å²) in [6, 6.07) is 0. The molecule has 3 nitrogen and oxygen atoms in total. The Kier molecular flexibility index (Phi) is 4.34. The van der Waals surface area contributed by atoms with Gasteiger partial charge in [0.1, 0.15) is 5.84 Å². The maximum Gasteiger partial charge on any atom is 0.116 e. The van der Waals surface area contributed by atoms with E-state index in [1.807, 2.05) is 19.0 Å². The second kappa shape index (κ2) is 4.77. The van der Waals surface area contributed by atoms with Gasteiger partial charge in [0.05, 0.1) is 6.54 Å². The first-order chi connectivity index (χ1) is 5.06. The molecule has 0 amide bonds. The van der Waals surface area contributed by atoms with Crippen LogP contribution in [0, 0.1) is 0 Å². The topological polar surface area (TPSA) is 41.6 Å². The lowest BCUT2D eigenvalue weighted by atomic mass is 10.3. The van der Waals surface area contributed by atoms with Crippen molar-refractivity contribution in [1.29, 1.82) is 0 Å². The van der Waals surface area contributed by atoms with Crippen molar-refractivity contribution >= 4 is 5.84 Å². The van der Waals surface area contributed by atoms with Crippen molar-refractivity contribution < 1.29 is 0 Å². The highest BCUT2D eigenvalue weighted by molar-refractivity contribution is 5.77. The number of hydrazone groups is 1. The van der Waals surface area contributed by atoms with Crippen LogP contribution in [0.5, 0.6) is 0 Å². The summed E-state index contributed by atoms with van der Waals surface area (Å²) in [6.45, 7) is 6.70. The van der Waals surface area contributed by atoms with Gasteiger partial charge in [-0.3, -0.25) is 5.01 Å². The molecule has 0 radical (unpaired) electrons. The third-order valence-electron chi connectivity index (χ3n) is 1.30. The van der Waals surface area contributed by atoms with E-state index in [1.54, 1.807) is 6.92 Å². The van der Waals surface area contributed by atoms with Gasteiger partial charge in [-0.15, -0.1) is 0 Å². The van der Waals surface area contributed by atoms with Crippen LogP contribution in [0.25, 0.3) is 0 Å². The van der Waals surface area contributed by atoms with Gasteiger partial charge in [0, 0.05) is 7.05 Å². The molecule has 3 heteroatoms. The Balaban J connectivity index is 3.88. The van der Waals surface area contributed by atoms with Crippen molar-refractivity contribution in [3.05, 3.63) is 11.6 Å². The van der Waals surface area contributed by atoms with Gasteiger partial charge in [-0.05, 0) is 20.8 Å². The van der Waals surface area contributed by atoms with Gasteiger partial charge in [0.25, 0.3) is 0 Å². The molecule has 0 rings (SSSR count).